The Morgan fingerprint density at radius 1 is 1.47 bits per heavy atom. The summed E-state index contributed by atoms with van der Waals surface area (Å²) in [6.07, 6.45) is 0. The zero-order valence-corrected chi connectivity index (χ0v) is 9.16. The molecule has 0 spiro atoms. The minimum absolute atomic E-state index is 0.109. The number of hydrogen-bond acceptors (Lipinski definition) is 2. The molecule has 0 heterocycles. The van der Waals surface area contributed by atoms with Crippen molar-refractivity contribution in [2.75, 3.05) is 13.1 Å². The van der Waals surface area contributed by atoms with Crippen LogP contribution in [0.2, 0.25) is 5.02 Å². The predicted molar refractivity (Wildman–Crippen MR) is 58.6 cm³/mol. The molecule has 0 unspecified atom stereocenters. The standard InChI is InChI=1S/C11H11ClN2O/c1-2-14(8-7-13)11(15)9-3-5-10(12)6-4-9/h3-6H,2,8H2,1H3. The Morgan fingerprint density at radius 2 is 2.07 bits per heavy atom. The van der Waals surface area contributed by atoms with Crippen LogP contribution < -0.4 is 0 Å². The van der Waals surface area contributed by atoms with Crippen molar-refractivity contribution in [1.29, 1.82) is 5.26 Å². The normalized spacial score (nSPS) is 9.40. The van der Waals surface area contributed by atoms with Gasteiger partial charge in [0.05, 0.1) is 6.07 Å². The number of carbonyl (C=O) groups excluding carboxylic acids is 1. The zero-order valence-electron chi connectivity index (χ0n) is 8.40. The topological polar surface area (TPSA) is 44.1 Å². The lowest BCUT2D eigenvalue weighted by molar-refractivity contribution is 0.0784. The highest BCUT2D eigenvalue weighted by atomic mass is 35.5. The average Bonchev–Trinajstić information content (AvgIpc) is 2.26. The molecule has 0 aliphatic heterocycles. The van der Waals surface area contributed by atoms with Crippen LogP contribution in [0.15, 0.2) is 24.3 Å². The maximum Gasteiger partial charge on any atom is 0.254 e. The number of nitrogens with zero attached hydrogens (tertiary/aromatic N) is 2. The first-order valence-corrected chi connectivity index (χ1v) is 4.98. The van der Waals surface area contributed by atoms with Crippen molar-refractivity contribution in [1.82, 2.24) is 4.90 Å². The van der Waals surface area contributed by atoms with Gasteiger partial charge in [-0.1, -0.05) is 11.6 Å². The number of hydrogen-bond donors (Lipinski definition) is 0. The Balaban J connectivity index is 2.84. The van der Waals surface area contributed by atoms with E-state index in [1.807, 2.05) is 13.0 Å². The Bertz CT molecular complexity index is 381. The summed E-state index contributed by atoms with van der Waals surface area (Å²) < 4.78 is 0. The summed E-state index contributed by atoms with van der Waals surface area (Å²) in [7, 11) is 0. The fraction of sp³-hybridized carbons (Fsp3) is 0.273. The third-order valence-electron chi connectivity index (χ3n) is 2.02. The summed E-state index contributed by atoms with van der Waals surface area (Å²) in [5.74, 6) is -0.143. The second-order valence-corrected chi connectivity index (χ2v) is 3.42. The molecule has 0 N–H and O–H groups in total. The van der Waals surface area contributed by atoms with Gasteiger partial charge >= 0.3 is 0 Å². The third-order valence-corrected chi connectivity index (χ3v) is 2.27. The van der Waals surface area contributed by atoms with Gasteiger partial charge in [0.2, 0.25) is 0 Å². The Morgan fingerprint density at radius 3 is 2.53 bits per heavy atom. The molecule has 4 heteroatoms. The monoisotopic (exact) mass is 222 g/mol. The van der Waals surface area contributed by atoms with E-state index in [1.165, 1.54) is 4.90 Å². The van der Waals surface area contributed by atoms with Gasteiger partial charge in [0.1, 0.15) is 6.54 Å². The van der Waals surface area contributed by atoms with Gasteiger partial charge in [-0.15, -0.1) is 0 Å². The van der Waals surface area contributed by atoms with E-state index in [-0.39, 0.29) is 12.5 Å². The number of nitriles is 1. The maximum absolute atomic E-state index is 11.8. The second-order valence-electron chi connectivity index (χ2n) is 2.98. The summed E-state index contributed by atoms with van der Waals surface area (Å²) in [6.45, 7) is 2.47. The molecule has 0 aromatic heterocycles. The summed E-state index contributed by atoms with van der Waals surface area (Å²) in [5, 5.41) is 9.14. The molecule has 1 rings (SSSR count). The van der Waals surface area contributed by atoms with Crippen LogP contribution in [0.4, 0.5) is 0 Å². The molecule has 0 saturated carbocycles. The lowest BCUT2D eigenvalue weighted by Crippen LogP contribution is -2.31. The first-order chi connectivity index (χ1) is 7.19. The molecule has 1 aromatic rings. The van der Waals surface area contributed by atoms with E-state index in [2.05, 4.69) is 0 Å². The first kappa shape index (κ1) is 11.5. The van der Waals surface area contributed by atoms with Crippen LogP contribution in [0.3, 0.4) is 0 Å². The molecule has 1 aromatic carbocycles. The smallest absolute Gasteiger partial charge is 0.254 e. The number of halogens is 1. The fourth-order valence-electron chi connectivity index (χ4n) is 1.19. The minimum atomic E-state index is -0.143. The molecule has 0 aliphatic rings. The minimum Gasteiger partial charge on any atom is -0.326 e. The van der Waals surface area contributed by atoms with Crippen LogP contribution in [0.5, 0.6) is 0 Å². The van der Waals surface area contributed by atoms with Crippen molar-refractivity contribution in [3.05, 3.63) is 34.9 Å². The molecule has 0 aliphatic carbocycles. The Hall–Kier alpha value is -1.53. The zero-order chi connectivity index (χ0) is 11.3. The fourth-order valence-corrected chi connectivity index (χ4v) is 1.31. The first-order valence-electron chi connectivity index (χ1n) is 4.60. The van der Waals surface area contributed by atoms with E-state index in [4.69, 9.17) is 16.9 Å². The summed E-state index contributed by atoms with van der Waals surface area (Å²) in [6, 6.07) is 8.60. The highest BCUT2D eigenvalue weighted by Crippen LogP contribution is 2.11. The highest BCUT2D eigenvalue weighted by molar-refractivity contribution is 6.30. The van der Waals surface area contributed by atoms with E-state index in [0.29, 0.717) is 17.1 Å². The summed E-state index contributed by atoms with van der Waals surface area (Å²) >= 11 is 5.71. The molecular weight excluding hydrogens is 212 g/mol. The van der Waals surface area contributed by atoms with Gasteiger partial charge in [-0.05, 0) is 31.2 Å². The molecule has 0 saturated heterocycles. The van der Waals surface area contributed by atoms with Crippen LogP contribution in [-0.4, -0.2) is 23.9 Å². The van der Waals surface area contributed by atoms with Gasteiger partial charge < -0.3 is 4.90 Å². The maximum atomic E-state index is 11.8. The van der Waals surface area contributed by atoms with Crippen LogP contribution in [0, 0.1) is 11.3 Å². The van der Waals surface area contributed by atoms with Gasteiger partial charge in [-0.25, -0.2) is 0 Å². The number of rotatable bonds is 3. The van der Waals surface area contributed by atoms with Crippen LogP contribution in [0.25, 0.3) is 0 Å². The lowest BCUT2D eigenvalue weighted by atomic mass is 10.2. The van der Waals surface area contributed by atoms with Crippen molar-refractivity contribution in [2.24, 2.45) is 0 Å². The Kier molecular flexibility index (Phi) is 4.14. The van der Waals surface area contributed by atoms with Crippen LogP contribution >= 0.6 is 11.6 Å². The number of amides is 1. The SMILES string of the molecule is CCN(CC#N)C(=O)c1ccc(Cl)cc1. The summed E-state index contributed by atoms with van der Waals surface area (Å²) in [5.41, 5.74) is 0.552. The number of benzene rings is 1. The molecule has 3 nitrogen and oxygen atoms in total. The van der Waals surface area contributed by atoms with Crippen molar-refractivity contribution >= 4 is 17.5 Å². The predicted octanol–water partition coefficient (Wildman–Crippen LogP) is 2.33. The van der Waals surface area contributed by atoms with Gasteiger partial charge in [0.15, 0.2) is 0 Å². The molecular formula is C11H11ClN2O. The van der Waals surface area contributed by atoms with Crippen molar-refractivity contribution in [3.63, 3.8) is 0 Å². The van der Waals surface area contributed by atoms with Gasteiger partial charge in [0.25, 0.3) is 5.91 Å². The van der Waals surface area contributed by atoms with E-state index in [1.54, 1.807) is 24.3 Å². The van der Waals surface area contributed by atoms with Crippen molar-refractivity contribution in [3.8, 4) is 6.07 Å². The molecule has 0 bridgehead atoms. The van der Waals surface area contributed by atoms with E-state index in [0.717, 1.165) is 0 Å². The van der Waals surface area contributed by atoms with Gasteiger partial charge in [-0.2, -0.15) is 5.26 Å². The molecule has 15 heavy (non-hydrogen) atoms. The molecule has 0 atom stereocenters. The van der Waals surface area contributed by atoms with Crippen LogP contribution in [0.1, 0.15) is 17.3 Å². The quantitative estimate of drug-likeness (QED) is 0.737. The summed E-state index contributed by atoms with van der Waals surface area (Å²) in [4.78, 5) is 13.3. The van der Waals surface area contributed by atoms with E-state index >= 15 is 0 Å². The molecule has 0 fully saturated rings. The third kappa shape index (κ3) is 2.97. The second kappa shape index (κ2) is 5.38. The van der Waals surface area contributed by atoms with Gasteiger partial charge in [-0.3, -0.25) is 4.79 Å². The average molecular weight is 223 g/mol. The highest BCUT2D eigenvalue weighted by Gasteiger charge is 2.12. The number of carbonyl (C=O) groups is 1. The molecule has 78 valence electrons. The Labute approximate surface area is 93.9 Å². The molecule has 1 amide bonds. The van der Waals surface area contributed by atoms with Crippen molar-refractivity contribution < 1.29 is 4.79 Å². The lowest BCUT2D eigenvalue weighted by Gasteiger charge is -2.16. The van der Waals surface area contributed by atoms with Crippen molar-refractivity contribution in [2.45, 2.75) is 6.92 Å². The van der Waals surface area contributed by atoms with Crippen LogP contribution in [-0.2, 0) is 0 Å². The molecule has 0 radical (unpaired) electrons. The van der Waals surface area contributed by atoms with Gasteiger partial charge in [0, 0.05) is 17.1 Å². The van der Waals surface area contributed by atoms with E-state index < -0.39 is 0 Å². The van der Waals surface area contributed by atoms with E-state index in [9.17, 15) is 4.79 Å². The largest absolute Gasteiger partial charge is 0.326 e.